The molecular weight excluding hydrogens is 390 g/mol. The fourth-order valence-corrected chi connectivity index (χ4v) is 2.82. The van der Waals surface area contributed by atoms with Crippen LogP contribution in [0.25, 0.3) is 11.3 Å². The van der Waals surface area contributed by atoms with Crippen molar-refractivity contribution in [3.8, 4) is 11.3 Å². The van der Waals surface area contributed by atoms with E-state index in [1.54, 1.807) is 24.3 Å². The maximum Gasteiger partial charge on any atom is 0.270 e. The predicted molar refractivity (Wildman–Crippen MR) is 99.7 cm³/mol. The molecule has 0 fully saturated rings. The minimum Gasteiger partial charge on any atom is -0.357 e. The van der Waals surface area contributed by atoms with E-state index in [0.29, 0.717) is 16.3 Å². The van der Waals surface area contributed by atoms with Crippen molar-refractivity contribution in [3.63, 3.8) is 0 Å². The second kappa shape index (κ2) is 8.18. The van der Waals surface area contributed by atoms with Gasteiger partial charge in [-0.1, -0.05) is 35.9 Å². The third-order valence-corrected chi connectivity index (χ3v) is 4.36. The molecule has 9 heteroatoms. The first kappa shape index (κ1) is 19.5. The molecule has 1 aromatic heterocycles. The third-order valence-electron chi connectivity index (χ3n) is 4.03. The lowest BCUT2D eigenvalue weighted by molar-refractivity contribution is -0.122. The highest BCUT2D eigenvalue weighted by atomic mass is 35.5. The van der Waals surface area contributed by atoms with Gasteiger partial charge in [0.05, 0.1) is 10.7 Å². The van der Waals surface area contributed by atoms with E-state index in [1.807, 2.05) is 0 Å². The molecule has 3 N–H and O–H groups in total. The highest BCUT2D eigenvalue weighted by Crippen LogP contribution is 2.26. The van der Waals surface area contributed by atoms with Crippen molar-refractivity contribution in [2.45, 2.75) is 6.04 Å². The number of hydrogen-bond acceptors (Lipinski definition) is 3. The molecule has 0 bridgehead atoms. The number of likely N-dealkylation sites (N-methyl/N-ethyl adjacent to an activating group) is 1. The number of H-pyrrole nitrogens is 1. The molecule has 0 spiro atoms. The summed E-state index contributed by atoms with van der Waals surface area (Å²) in [5.41, 5.74) is 1.24. The molecule has 1 unspecified atom stereocenters. The lowest BCUT2D eigenvalue weighted by Gasteiger charge is -2.17. The van der Waals surface area contributed by atoms with Gasteiger partial charge in [-0.2, -0.15) is 5.10 Å². The molecule has 28 heavy (non-hydrogen) atoms. The lowest BCUT2D eigenvalue weighted by Crippen LogP contribution is -2.39. The summed E-state index contributed by atoms with van der Waals surface area (Å²) in [6.07, 6.45) is 0. The SMILES string of the molecule is CNC(=O)C(NC(=O)c1cc(-c2ccccc2Cl)n[nH]1)c1ccc(F)c(F)c1. The minimum atomic E-state index is -1.22. The molecule has 2 aromatic carbocycles. The van der Waals surface area contributed by atoms with Crippen molar-refractivity contribution in [1.29, 1.82) is 0 Å². The highest BCUT2D eigenvalue weighted by Gasteiger charge is 2.24. The van der Waals surface area contributed by atoms with Gasteiger partial charge < -0.3 is 10.6 Å². The van der Waals surface area contributed by atoms with Gasteiger partial charge in [-0.25, -0.2) is 8.78 Å². The van der Waals surface area contributed by atoms with Crippen LogP contribution in [0.4, 0.5) is 8.78 Å². The van der Waals surface area contributed by atoms with Crippen LogP contribution in [0, 0.1) is 11.6 Å². The lowest BCUT2D eigenvalue weighted by atomic mass is 10.1. The summed E-state index contributed by atoms with van der Waals surface area (Å²) in [6, 6.07) is 10.2. The summed E-state index contributed by atoms with van der Waals surface area (Å²) in [5, 5.41) is 12.0. The maximum atomic E-state index is 13.5. The first-order valence-corrected chi connectivity index (χ1v) is 8.56. The van der Waals surface area contributed by atoms with Gasteiger partial charge in [0.25, 0.3) is 5.91 Å². The molecule has 3 aromatic rings. The highest BCUT2D eigenvalue weighted by molar-refractivity contribution is 6.33. The Morgan fingerprint density at radius 3 is 2.54 bits per heavy atom. The Balaban J connectivity index is 1.86. The van der Waals surface area contributed by atoms with E-state index in [0.717, 1.165) is 12.1 Å². The van der Waals surface area contributed by atoms with Crippen LogP contribution in [0.2, 0.25) is 5.02 Å². The Hall–Kier alpha value is -3.26. The molecule has 0 aliphatic carbocycles. The monoisotopic (exact) mass is 404 g/mol. The van der Waals surface area contributed by atoms with Crippen molar-refractivity contribution in [2.75, 3.05) is 7.05 Å². The van der Waals surface area contributed by atoms with E-state index < -0.39 is 29.5 Å². The zero-order valence-corrected chi connectivity index (χ0v) is 15.3. The molecule has 0 aliphatic heterocycles. The van der Waals surface area contributed by atoms with Crippen LogP contribution in [0.5, 0.6) is 0 Å². The molecule has 1 heterocycles. The summed E-state index contributed by atoms with van der Waals surface area (Å²) in [4.78, 5) is 24.7. The molecule has 2 amide bonds. The summed E-state index contributed by atoms with van der Waals surface area (Å²) >= 11 is 6.13. The number of carbonyl (C=O) groups is 2. The molecule has 0 radical (unpaired) electrons. The summed E-state index contributed by atoms with van der Waals surface area (Å²) < 4.78 is 26.7. The van der Waals surface area contributed by atoms with Crippen LogP contribution < -0.4 is 10.6 Å². The van der Waals surface area contributed by atoms with Gasteiger partial charge in [0.15, 0.2) is 11.6 Å². The molecule has 0 saturated heterocycles. The molecule has 0 aliphatic rings. The average Bonchev–Trinajstić information content (AvgIpc) is 3.18. The average molecular weight is 405 g/mol. The molecule has 1 atom stereocenters. The zero-order valence-electron chi connectivity index (χ0n) is 14.6. The second-order valence-corrected chi connectivity index (χ2v) is 6.25. The van der Waals surface area contributed by atoms with E-state index in [2.05, 4.69) is 20.8 Å². The number of nitrogens with one attached hydrogen (secondary N) is 3. The minimum absolute atomic E-state index is 0.0754. The Bertz CT molecular complexity index is 1040. The summed E-state index contributed by atoms with van der Waals surface area (Å²) in [6.45, 7) is 0. The quantitative estimate of drug-likeness (QED) is 0.610. The zero-order chi connectivity index (χ0) is 20.3. The van der Waals surface area contributed by atoms with Crippen LogP contribution >= 0.6 is 11.6 Å². The Morgan fingerprint density at radius 1 is 1.11 bits per heavy atom. The van der Waals surface area contributed by atoms with Gasteiger partial charge in [-0.05, 0) is 29.8 Å². The van der Waals surface area contributed by atoms with Crippen LogP contribution in [-0.4, -0.2) is 29.1 Å². The van der Waals surface area contributed by atoms with Crippen molar-refractivity contribution in [1.82, 2.24) is 20.8 Å². The predicted octanol–water partition coefficient (Wildman–Crippen LogP) is 3.23. The fraction of sp³-hybridized carbons (Fsp3) is 0.105. The van der Waals surface area contributed by atoms with Gasteiger partial charge in [0.2, 0.25) is 5.91 Å². The van der Waals surface area contributed by atoms with Crippen molar-refractivity contribution < 1.29 is 18.4 Å². The Morgan fingerprint density at radius 2 is 1.86 bits per heavy atom. The van der Waals surface area contributed by atoms with Gasteiger partial charge in [-0.3, -0.25) is 14.7 Å². The van der Waals surface area contributed by atoms with Crippen molar-refractivity contribution in [2.24, 2.45) is 0 Å². The molecule has 144 valence electrons. The maximum absolute atomic E-state index is 13.5. The number of aromatic nitrogens is 2. The topological polar surface area (TPSA) is 86.9 Å². The first-order chi connectivity index (χ1) is 13.4. The molecule has 3 rings (SSSR count). The van der Waals surface area contributed by atoms with Gasteiger partial charge >= 0.3 is 0 Å². The number of rotatable bonds is 5. The van der Waals surface area contributed by atoms with Crippen LogP contribution in [0.15, 0.2) is 48.5 Å². The van der Waals surface area contributed by atoms with E-state index in [-0.39, 0.29) is 11.3 Å². The Labute approximate surface area is 163 Å². The number of halogens is 3. The molecule has 6 nitrogen and oxygen atoms in total. The smallest absolute Gasteiger partial charge is 0.270 e. The van der Waals surface area contributed by atoms with E-state index >= 15 is 0 Å². The molecule has 0 saturated carbocycles. The standard InChI is InChI=1S/C19H15ClF2N4O2/c1-23-19(28)17(10-6-7-13(21)14(22)8-10)24-18(27)16-9-15(25-26-16)11-4-2-3-5-12(11)20/h2-9,17H,1H3,(H,23,28)(H,24,27)(H,25,26). The number of hydrogen-bond donors (Lipinski definition) is 3. The number of nitrogens with zero attached hydrogens (tertiary/aromatic N) is 1. The van der Waals surface area contributed by atoms with Crippen LogP contribution in [-0.2, 0) is 4.79 Å². The Kier molecular flexibility index (Phi) is 5.70. The van der Waals surface area contributed by atoms with Gasteiger partial charge in [-0.15, -0.1) is 0 Å². The summed E-state index contributed by atoms with van der Waals surface area (Å²) in [7, 11) is 1.37. The number of aromatic amines is 1. The van der Waals surface area contributed by atoms with Crippen molar-refractivity contribution in [3.05, 3.63) is 76.4 Å². The van der Waals surface area contributed by atoms with Crippen LogP contribution in [0.3, 0.4) is 0 Å². The van der Waals surface area contributed by atoms with Gasteiger partial charge in [0.1, 0.15) is 11.7 Å². The van der Waals surface area contributed by atoms with E-state index in [9.17, 15) is 18.4 Å². The molecular formula is C19H15ClF2N4O2. The second-order valence-electron chi connectivity index (χ2n) is 5.84. The van der Waals surface area contributed by atoms with Gasteiger partial charge in [0, 0.05) is 12.6 Å². The largest absolute Gasteiger partial charge is 0.357 e. The van der Waals surface area contributed by atoms with E-state index in [1.165, 1.54) is 19.2 Å². The van der Waals surface area contributed by atoms with Crippen molar-refractivity contribution >= 4 is 23.4 Å². The van der Waals surface area contributed by atoms with E-state index in [4.69, 9.17) is 11.6 Å². The number of amides is 2. The summed E-state index contributed by atoms with van der Waals surface area (Å²) in [5.74, 6) is -3.42. The van der Waals surface area contributed by atoms with Crippen LogP contribution in [0.1, 0.15) is 22.1 Å². The first-order valence-electron chi connectivity index (χ1n) is 8.18. The fourth-order valence-electron chi connectivity index (χ4n) is 2.59. The third kappa shape index (κ3) is 4.01. The number of benzene rings is 2. The number of carbonyl (C=O) groups excluding carboxylic acids is 2. The normalized spacial score (nSPS) is 11.7.